The van der Waals surface area contributed by atoms with E-state index >= 15 is 0 Å². The molecule has 0 aromatic heterocycles. The van der Waals surface area contributed by atoms with Crippen LogP contribution in [0.5, 0.6) is 0 Å². The van der Waals surface area contributed by atoms with Gasteiger partial charge in [-0.05, 0) is 22.1 Å². The SMILES string of the molecule is CC(c1ccccc1)C(C#N)c1ccc(C(C)(C)C)cc1. The van der Waals surface area contributed by atoms with Crippen LogP contribution in [0.4, 0.5) is 0 Å². The fraction of sp³-hybridized carbons (Fsp3) is 0.350. The van der Waals surface area contributed by atoms with Crippen molar-refractivity contribution in [3.63, 3.8) is 0 Å². The van der Waals surface area contributed by atoms with Gasteiger partial charge in [-0.2, -0.15) is 5.26 Å². The molecule has 0 aliphatic rings. The molecule has 108 valence electrons. The number of nitrogens with zero attached hydrogens (tertiary/aromatic N) is 1. The lowest BCUT2D eigenvalue weighted by Crippen LogP contribution is -2.12. The molecule has 2 aromatic carbocycles. The van der Waals surface area contributed by atoms with Crippen molar-refractivity contribution in [1.29, 1.82) is 5.26 Å². The summed E-state index contributed by atoms with van der Waals surface area (Å²) < 4.78 is 0. The summed E-state index contributed by atoms with van der Waals surface area (Å²) in [6.07, 6.45) is 0. The molecule has 2 aromatic rings. The predicted octanol–water partition coefficient (Wildman–Crippen LogP) is 5.39. The molecule has 2 atom stereocenters. The van der Waals surface area contributed by atoms with Crippen molar-refractivity contribution in [2.75, 3.05) is 0 Å². The zero-order valence-electron chi connectivity index (χ0n) is 13.3. The van der Waals surface area contributed by atoms with Crippen LogP contribution in [-0.2, 0) is 5.41 Å². The zero-order chi connectivity index (χ0) is 15.5. The second-order valence-electron chi connectivity index (χ2n) is 6.68. The van der Waals surface area contributed by atoms with Gasteiger partial charge in [0, 0.05) is 5.92 Å². The number of rotatable bonds is 3. The Kier molecular flexibility index (Phi) is 4.48. The third-order valence-electron chi connectivity index (χ3n) is 4.10. The second-order valence-corrected chi connectivity index (χ2v) is 6.68. The van der Waals surface area contributed by atoms with Gasteiger partial charge in [0.25, 0.3) is 0 Å². The molecule has 1 nitrogen and oxygen atoms in total. The molecule has 2 unspecified atom stereocenters. The van der Waals surface area contributed by atoms with E-state index in [1.165, 1.54) is 11.1 Å². The van der Waals surface area contributed by atoms with Gasteiger partial charge < -0.3 is 0 Å². The molecule has 0 bridgehead atoms. The van der Waals surface area contributed by atoms with Crippen molar-refractivity contribution in [2.45, 2.75) is 44.9 Å². The van der Waals surface area contributed by atoms with Crippen molar-refractivity contribution >= 4 is 0 Å². The Morgan fingerprint density at radius 2 is 1.43 bits per heavy atom. The first-order valence-electron chi connectivity index (χ1n) is 7.48. The van der Waals surface area contributed by atoms with Gasteiger partial charge in [0.2, 0.25) is 0 Å². The molecule has 0 heterocycles. The first-order chi connectivity index (χ1) is 9.93. The highest BCUT2D eigenvalue weighted by atomic mass is 14.3. The Morgan fingerprint density at radius 3 is 1.90 bits per heavy atom. The van der Waals surface area contributed by atoms with Gasteiger partial charge in [-0.3, -0.25) is 0 Å². The van der Waals surface area contributed by atoms with Crippen LogP contribution in [-0.4, -0.2) is 0 Å². The van der Waals surface area contributed by atoms with E-state index in [1.54, 1.807) is 0 Å². The molecule has 0 spiro atoms. The normalized spacial score (nSPS) is 14.2. The molecule has 21 heavy (non-hydrogen) atoms. The van der Waals surface area contributed by atoms with E-state index in [-0.39, 0.29) is 17.3 Å². The summed E-state index contributed by atoms with van der Waals surface area (Å²) in [6, 6.07) is 21.2. The molecule has 0 aliphatic carbocycles. The Morgan fingerprint density at radius 1 is 0.857 bits per heavy atom. The topological polar surface area (TPSA) is 23.8 Å². The van der Waals surface area contributed by atoms with Crippen LogP contribution in [0.15, 0.2) is 54.6 Å². The van der Waals surface area contributed by atoms with Gasteiger partial charge >= 0.3 is 0 Å². The lowest BCUT2D eigenvalue weighted by atomic mass is 9.81. The Balaban J connectivity index is 2.28. The maximum Gasteiger partial charge on any atom is 0.0778 e. The minimum Gasteiger partial charge on any atom is -0.198 e. The summed E-state index contributed by atoms with van der Waals surface area (Å²) in [7, 11) is 0. The molecule has 0 saturated carbocycles. The maximum atomic E-state index is 9.59. The van der Waals surface area contributed by atoms with E-state index in [2.05, 4.69) is 70.2 Å². The minimum absolute atomic E-state index is 0.110. The molecule has 0 fully saturated rings. The number of benzene rings is 2. The summed E-state index contributed by atoms with van der Waals surface area (Å²) in [5.41, 5.74) is 3.76. The predicted molar refractivity (Wildman–Crippen MR) is 88.4 cm³/mol. The maximum absolute atomic E-state index is 9.59. The Hall–Kier alpha value is -2.07. The molecule has 0 aliphatic heterocycles. The van der Waals surface area contributed by atoms with Crippen LogP contribution >= 0.6 is 0 Å². The van der Waals surface area contributed by atoms with Gasteiger partial charge in [-0.15, -0.1) is 0 Å². The first kappa shape index (κ1) is 15.3. The Bertz CT molecular complexity index is 612. The summed E-state index contributed by atoms with van der Waals surface area (Å²) in [6.45, 7) is 8.74. The summed E-state index contributed by atoms with van der Waals surface area (Å²) in [4.78, 5) is 0. The quantitative estimate of drug-likeness (QED) is 0.737. The van der Waals surface area contributed by atoms with Gasteiger partial charge in [0.15, 0.2) is 0 Å². The van der Waals surface area contributed by atoms with Crippen LogP contribution in [0, 0.1) is 11.3 Å². The van der Waals surface area contributed by atoms with Gasteiger partial charge in [0.1, 0.15) is 0 Å². The van der Waals surface area contributed by atoms with Crippen molar-refractivity contribution in [3.8, 4) is 6.07 Å². The van der Waals surface area contributed by atoms with Crippen LogP contribution in [0.2, 0.25) is 0 Å². The molecular formula is C20H23N. The standard InChI is InChI=1S/C20H23N/c1-15(16-8-6-5-7-9-16)19(14-21)17-10-12-18(13-11-17)20(2,3)4/h5-13,15,19H,1-4H3. The van der Waals surface area contributed by atoms with Crippen LogP contribution in [0.3, 0.4) is 0 Å². The van der Waals surface area contributed by atoms with Crippen molar-refractivity contribution in [3.05, 3.63) is 71.3 Å². The second kappa shape index (κ2) is 6.14. The third-order valence-corrected chi connectivity index (χ3v) is 4.10. The average Bonchev–Trinajstić information content (AvgIpc) is 2.48. The first-order valence-corrected chi connectivity index (χ1v) is 7.48. The Labute approximate surface area is 128 Å². The van der Waals surface area contributed by atoms with E-state index < -0.39 is 0 Å². The molecule has 0 amide bonds. The van der Waals surface area contributed by atoms with Gasteiger partial charge in [-0.25, -0.2) is 0 Å². The van der Waals surface area contributed by atoms with E-state index in [9.17, 15) is 5.26 Å². The molecule has 0 saturated heterocycles. The largest absolute Gasteiger partial charge is 0.198 e. The molecular weight excluding hydrogens is 254 g/mol. The monoisotopic (exact) mass is 277 g/mol. The lowest BCUT2D eigenvalue weighted by molar-refractivity contribution is 0.589. The van der Waals surface area contributed by atoms with E-state index in [0.717, 1.165) is 5.56 Å². The minimum atomic E-state index is -0.110. The van der Waals surface area contributed by atoms with Gasteiger partial charge in [0.05, 0.1) is 12.0 Å². The summed E-state index contributed by atoms with van der Waals surface area (Å²) in [5, 5.41) is 9.59. The van der Waals surface area contributed by atoms with Gasteiger partial charge in [-0.1, -0.05) is 82.3 Å². The molecule has 0 radical (unpaired) electrons. The number of hydrogen-bond acceptors (Lipinski definition) is 1. The van der Waals surface area contributed by atoms with E-state index in [1.807, 2.05) is 18.2 Å². The lowest BCUT2D eigenvalue weighted by Gasteiger charge is -2.22. The highest BCUT2D eigenvalue weighted by molar-refractivity contribution is 5.35. The van der Waals surface area contributed by atoms with Crippen molar-refractivity contribution in [2.24, 2.45) is 0 Å². The smallest absolute Gasteiger partial charge is 0.0778 e. The van der Waals surface area contributed by atoms with Crippen molar-refractivity contribution in [1.82, 2.24) is 0 Å². The van der Waals surface area contributed by atoms with Crippen LogP contribution in [0.1, 0.15) is 56.2 Å². The molecule has 0 N–H and O–H groups in total. The third kappa shape index (κ3) is 3.52. The summed E-state index contributed by atoms with van der Waals surface area (Å²) >= 11 is 0. The average molecular weight is 277 g/mol. The highest BCUT2D eigenvalue weighted by Crippen LogP contribution is 2.33. The fourth-order valence-corrected chi connectivity index (χ4v) is 2.61. The van der Waals surface area contributed by atoms with E-state index in [4.69, 9.17) is 0 Å². The fourth-order valence-electron chi connectivity index (χ4n) is 2.61. The number of hydrogen-bond donors (Lipinski definition) is 0. The van der Waals surface area contributed by atoms with Crippen LogP contribution < -0.4 is 0 Å². The van der Waals surface area contributed by atoms with E-state index in [0.29, 0.717) is 0 Å². The summed E-state index contributed by atoms with van der Waals surface area (Å²) in [5.74, 6) is 0.0816. The zero-order valence-corrected chi connectivity index (χ0v) is 13.3. The van der Waals surface area contributed by atoms with Crippen molar-refractivity contribution < 1.29 is 0 Å². The highest BCUT2D eigenvalue weighted by Gasteiger charge is 2.21. The molecule has 1 heteroatoms. The van der Waals surface area contributed by atoms with Crippen LogP contribution in [0.25, 0.3) is 0 Å². The molecule has 2 rings (SSSR count). The number of nitriles is 1.